The maximum Gasteiger partial charge on any atom is 0.136 e. The van der Waals surface area contributed by atoms with Crippen LogP contribution in [0.25, 0.3) is 86.3 Å². The molecule has 0 amide bonds. The average Bonchev–Trinajstić information content (AvgIpc) is 3.89. The molecule has 0 radical (unpaired) electrons. The summed E-state index contributed by atoms with van der Waals surface area (Å²) in [6.07, 6.45) is 0. The van der Waals surface area contributed by atoms with E-state index in [2.05, 4.69) is 157 Å². The predicted molar refractivity (Wildman–Crippen MR) is 219 cm³/mol. The van der Waals surface area contributed by atoms with Crippen LogP contribution in [0.15, 0.2) is 185 Å². The summed E-state index contributed by atoms with van der Waals surface area (Å²) in [4.78, 5) is 2.36. The zero-order valence-electron chi connectivity index (χ0n) is 27.9. The molecule has 0 aliphatic rings. The molecule has 0 aliphatic carbocycles. The van der Waals surface area contributed by atoms with Gasteiger partial charge in [0.25, 0.3) is 0 Å². The minimum Gasteiger partial charge on any atom is -0.456 e. The van der Waals surface area contributed by atoms with E-state index in [1.165, 1.54) is 25.7 Å². The largest absolute Gasteiger partial charge is 0.456 e. The molecule has 0 saturated carbocycles. The van der Waals surface area contributed by atoms with Crippen molar-refractivity contribution in [3.8, 4) is 22.3 Å². The highest BCUT2D eigenvalue weighted by Crippen LogP contribution is 2.43. The molecule has 0 atom stereocenters. The molecule has 4 heteroatoms. The third-order valence-corrected chi connectivity index (χ3v) is 11.4. The molecule has 0 aliphatic heterocycles. The third kappa shape index (κ3) is 4.58. The lowest BCUT2D eigenvalue weighted by atomic mass is 9.99. The first-order valence-electron chi connectivity index (χ1n) is 17.5. The summed E-state index contributed by atoms with van der Waals surface area (Å²) in [6.45, 7) is 0. The Balaban J connectivity index is 1.02. The monoisotopic (exact) mass is 683 g/mol. The third-order valence-electron chi connectivity index (χ3n) is 10.3. The van der Waals surface area contributed by atoms with Crippen LogP contribution < -0.4 is 4.90 Å². The summed E-state index contributed by atoms with van der Waals surface area (Å²) in [7, 11) is 0. The fraction of sp³-hybridized carbons (Fsp3) is 0. The molecule has 0 spiro atoms. The fourth-order valence-electron chi connectivity index (χ4n) is 7.81. The van der Waals surface area contributed by atoms with Crippen molar-refractivity contribution in [3.05, 3.63) is 176 Å². The summed E-state index contributed by atoms with van der Waals surface area (Å²) in [5.41, 5.74) is 11.6. The minimum absolute atomic E-state index is 0.904. The summed E-state index contributed by atoms with van der Waals surface area (Å²) < 4.78 is 14.9. The van der Waals surface area contributed by atoms with Gasteiger partial charge in [-0.25, -0.2) is 0 Å². The van der Waals surface area contributed by atoms with E-state index in [1.807, 2.05) is 35.6 Å². The molecule has 244 valence electrons. The Morgan fingerprint density at radius 2 is 0.923 bits per heavy atom. The molecule has 0 unspecified atom stereocenters. The number of thiophene rings is 1. The average molecular weight is 684 g/mol. The number of hydrogen-bond donors (Lipinski definition) is 0. The van der Waals surface area contributed by atoms with Gasteiger partial charge < -0.3 is 13.7 Å². The van der Waals surface area contributed by atoms with Gasteiger partial charge in [-0.3, -0.25) is 0 Å². The van der Waals surface area contributed by atoms with Crippen LogP contribution in [0.4, 0.5) is 17.1 Å². The zero-order chi connectivity index (χ0) is 34.2. The lowest BCUT2D eigenvalue weighted by molar-refractivity contribution is 0.668. The van der Waals surface area contributed by atoms with Crippen LogP contribution in [0.5, 0.6) is 0 Å². The van der Waals surface area contributed by atoms with E-state index < -0.39 is 0 Å². The number of nitrogens with zero attached hydrogens (tertiary/aromatic N) is 1. The van der Waals surface area contributed by atoms with Crippen LogP contribution in [0.3, 0.4) is 0 Å². The summed E-state index contributed by atoms with van der Waals surface area (Å²) in [5.74, 6) is 0. The Bertz CT molecular complexity index is 3130. The number of para-hydroxylation sites is 2. The van der Waals surface area contributed by atoms with Crippen LogP contribution in [-0.4, -0.2) is 0 Å². The molecule has 3 heterocycles. The molecule has 0 saturated heterocycles. The fourth-order valence-corrected chi connectivity index (χ4v) is 8.95. The summed E-state index contributed by atoms with van der Waals surface area (Å²) in [6, 6.07) is 62.7. The van der Waals surface area contributed by atoms with Gasteiger partial charge in [-0.15, -0.1) is 11.3 Å². The van der Waals surface area contributed by atoms with E-state index in [0.29, 0.717) is 0 Å². The first-order valence-corrected chi connectivity index (χ1v) is 18.3. The smallest absolute Gasteiger partial charge is 0.136 e. The zero-order valence-corrected chi connectivity index (χ0v) is 28.7. The van der Waals surface area contributed by atoms with Gasteiger partial charge in [-0.05, 0) is 95.1 Å². The topological polar surface area (TPSA) is 29.5 Å². The highest BCUT2D eigenvalue weighted by molar-refractivity contribution is 7.25. The van der Waals surface area contributed by atoms with Crippen LogP contribution in [0, 0.1) is 0 Å². The van der Waals surface area contributed by atoms with Crippen LogP contribution >= 0.6 is 11.3 Å². The second-order valence-electron chi connectivity index (χ2n) is 13.3. The lowest BCUT2D eigenvalue weighted by Crippen LogP contribution is -2.09. The van der Waals surface area contributed by atoms with Gasteiger partial charge in [0, 0.05) is 58.8 Å². The highest BCUT2D eigenvalue weighted by atomic mass is 32.1. The van der Waals surface area contributed by atoms with E-state index >= 15 is 0 Å². The highest BCUT2D eigenvalue weighted by Gasteiger charge is 2.17. The van der Waals surface area contributed by atoms with Crippen molar-refractivity contribution in [1.29, 1.82) is 0 Å². The number of anilines is 3. The van der Waals surface area contributed by atoms with Gasteiger partial charge in [0.05, 0.1) is 0 Å². The molecule has 11 rings (SSSR count). The molecule has 3 nitrogen and oxygen atoms in total. The van der Waals surface area contributed by atoms with Gasteiger partial charge in [0.1, 0.15) is 22.3 Å². The van der Waals surface area contributed by atoms with E-state index in [4.69, 9.17) is 8.83 Å². The van der Waals surface area contributed by atoms with Gasteiger partial charge in [0.2, 0.25) is 0 Å². The second kappa shape index (κ2) is 11.5. The van der Waals surface area contributed by atoms with E-state index in [0.717, 1.165) is 77.6 Å². The molecule has 8 aromatic carbocycles. The molecule has 3 aromatic heterocycles. The molecule has 52 heavy (non-hydrogen) atoms. The molecular weight excluding hydrogens is 655 g/mol. The molecule has 11 aromatic rings. The quantitative estimate of drug-likeness (QED) is 0.181. The SMILES string of the molecule is c1ccc2c(c1)oc1ccc(-c3ccc(N(c4ccc(-c5cccc6oc7ccccc7c56)cc4)c4ccc5c(c4)sc4ccccc45)cc3)cc12. The van der Waals surface area contributed by atoms with Crippen molar-refractivity contribution in [2.24, 2.45) is 0 Å². The first-order chi connectivity index (χ1) is 25.7. The van der Waals surface area contributed by atoms with Crippen molar-refractivity contribution in [1.82, 2.24) is 0 Å². The van der Waals surface area contributed by atoms with Crippen molar-refractivity contribution >= 4 is 92.4 Å². The van der Waals surface area contributed by atoms with Crippen molar-refractivity contribution in [2.75, 3.05) is 4.90 Å². The van der Waals surface area contributed by atoms with Crippen LogP contribution in [0.1, 0.15) is 0 Å². The Labute approximate surface area is 303 Å². The van der Waals surface area contributed by atoms with E-state index in [-0.39, 0.29) is 0 Å². The second-order valence-corrected chi connectivity index (χ2v) is 14.4. The Kier molecular flexibility index (Phi) is 6.42. The Morgan fingerprint density at radius 3 is 1.73 bits per heavy atom. The van der Waals surface area contributed by atoms with Crippen molar-refractivity contribution in [3.63, 3.8) is 0 Å². The minimum atomic E-state index is 0.904. The van der Waals surface area contributed by atoms with E-state index in [9.17, 15) is 0 Å². The van der Waals surface area contributed by atoms with Gasteiger partial charge in [-0.2, -0.15) is 0 Å². The number of rotatable bonds is 5. The number of benzene rings is 8. The number of hydrogen-bond acceptors (Lipinski definition) is 4. The van der Waals surface area contributed by atoms with Gasteiger partial charge in [0.15, 0.2) is 0 Å². The lowest BCUT2D eigenvalue weighted by Gasteiger charge is -2.26. The standard InChI is InChI=1S/C48H29NO2S/c1-4-12-42-37(8-1)41-28-32(20-27-44(41)50-42)30-16-21-33(22-17-30)49(35-25-26-39-38-9-3-6-15-46(38)52-47(39)29-35)34-23-18-31(19-24-34)36-11-7-14-45-48(36)40-10-2-5-13-43(40)51-45/h1-29H. The van der Waals surface area contributed by atoms with Crippen molar-refractivity contribution in [2.45, 2.75) is 0 Å². The Morgan fingerprint density at radius 1 is 0.346 bits per heavy atom. The maximum absolute atomic E-state index is 6.21. The summed E-state index contributed by atoms with van der Waals surface area (Å²) in [5, 5.41) is 7.15. The number of fused-ring (bicyclic) bond motifs is 9. The van der Waals surface area contributed by atoms with Gasteiger partial charge in [-0.1, -0.05) is 103 Å². The Hall–Kier alpha value is -6.62. The first kappa shape index (κ1) is 29.1. The summed E-state index contributed by atoms with van der Waals surface area (Å²) >= 11 is 1.84. The molecule has 0 fully saturated rings. The maximum atomic E-state index is 6.21. The van der Waals surface area contributed by atoms with Gasteiger partial charge >= 0.3 is 0 Å². The van der Waals surface area contributed by atoms with Crippen molar-refractivity contribution < 1.29 is 8.83 Å². The van der Waals surface area contributed by atoms with Crippen LogP contribution in [0.2, 0.25) is 0 Å². The number of furan rings is 2. The predicted octanol–water partition coefficient (Wildman–Crippen LogP) is 14.7. The van der Waals surface area contributed by atoms with Crippen LogP contribution in [-0.2, 0) is 0 Å². The molecular formula is C48H29NO2S. The normalized spacial score (nSPS) is 11.8. The molecule has 0 N–H and O–H groups in total. The molecule has 0 bridgehead atoms. The van der Waals surface area contributed by atoms with E-state index in [1.54, 1.807) is 0 Å².